The van der Waals surface area contributed by atoms with E-state index in [9.17, 15) is 27.6 Å². The topological polar surface area (TPSA) is 131 Å². The van der Waals surface area contributed by atoms with Crippen molar-refractivity contribution in [2.45, 2.75) is 57.9 Å². The number of ketones is 1. The normalized spacial score (nSPS) is 19.2. The summed E-state index contributed by atoms with van der Waals surface area (Å²) in [7, 11) is -1.42. The lowest BCUT2D eigenvalue weighted by molar-refractivity contribution is -0.141. The van der Waals surface area contributed by atoms with Gasteiger partial charge in [-0.3, -0.25) is 14.4 Å². The molecule has 2 aromatic rings. The smallest absolute Gasteiger partial charge is 0.425 e. The molecule has 0 spiro atoms. The molecule has 1 aliphatic heterocycles. The number of pyridine rings is 1. The largest absolute Gasteiger partial charge is 0.490 e. The Kier molecular flexibility index (Phi) is 10.5. The highest BCUT2D eigenvalue weighted by atomic mass is 28.3. The third kappa shape index (κ3) is 8.44. The number of hydrogen-bond acceptors (Lipinski definition) is 9. The van der Waals surface area contributed by atoms with E-state index in [4.69, 9.17) is 14.7 Å². The second-order valence-corrected chi connectivity index (χ2v) is 17.9. The molecule has 4 rings (SSSR count). The highest BCUT2D eigenvalue weighted by Gasteiger charge is 2.41. The molecule has 2 aliphatic rings. The number of carbonyl (C=O) groups is 2. The van der Waals surface area contributed by atoms with Crippen LogP contribution in [0, 0.1) is 23.2 Å². The van der Waals surface area contributed by atoms with Gasteiger partial charge in [-0.15, -0.1) is 0 Å². The highest BCUT2D eigenvalue weighted by molar-refractivity contribution is 6.76. The third-order valence-electron chi connectivity index (χ3n) is 7.87. The minimum Gasteiger partial charge on any atom is -0.490 e. The lowest BCUT2D eigenvalue weighted by atomic mass is 9.99. The first-order valence-corrected chi connectivity index (χ1v) is 18.3. The van der Waals surface area contributed by atoms with Gasteiger partial charge in [0.2, 0.25) is 5.91 Å². The molecule has 0 aromatic carbocycles. The second-order valence-electron chi connectivity index (χ2n) is 12.3. The maximum atomic E-state index is 13.9. The van der Waals surface area contributed by atoms with Crippen LogP contribution in [0.3, 0.4) is 0 Å². The van der Waals surface area contributed by atoms with Gasteiger partial charge in [0.15, 0.2) is 11.3 Å². The molecule has 1 aliphatic carbocycles. The van der Waals surface area contributed by atoms with E-state index in [1.54, 1.807) is 17.0 Å². The van der Waals surface area contributed by atoms with E-state index in [-0.39, 0.29) is 24.7 Å². The van der Waals surface area contributed by atoms with Gasteiger partial charge in [0.1, 0.15) is 24.4 Å². The molecule has 3 heterocycles. The van der Waals surface area contributed by atoms with E-state index in [2.05, 4.69) is 29.7 Å². The average Bonchev–Trinajstić information content (AvgIpc) is 3.32. The first-order chi connectivity index (χ1) is 20.8. The zero-order chi connectivity index (χ0) is 32.1. The summed E-state index contributed by atoms with van der Waals surface area (Å²) >= 11 is 0. The Hall–Kier alpha value is -3.77. The number of alkyl halides is 3. The molecule has 238 valence electrons. The van der Waals surface area contributed by atoms with E-state index in [1.807, 2.05) is 11.0 Å². The van der Waals surface area contributed by atoms with Crippen molar-refractivity contribution >= 4 is 25.6 Å². The molecule has 2 fully saturated rings. The zero-order valence-electron chi connectivity index (χ0n) is 25.1. The third-order valence-corrected chi connectivity index (χ3v) is 9.57. The van der Waals surface area contributed by atoms with Crippen LogP contribution in [0.15, 0.2) is 29.3 Å². The maximum Gasteiger partial charge on any atom is 0.425 e. The Bertz CT molecular complexity index is 1430. The van der Waals surface area contributed by atoms with Crippen LogP contribution in [0.5, 0.6) is 5.75 Å². The van der Waals surface area contributed by atoms with Crippen molar-refractivity contribution in [3.05, 3.63) is 46.0 Å². The van der Waals surface area contributed by atoms with E-state index >= 15 is 0 Å². The molecule has 2 aromatic heterocycles. The van der Waals surface area contributed by atoms with Crippen LogP contribution >= 0.6 is 0 Å². The fraction of sp³-hybridized carbons (Fsp3) is 0.586. The lowest BCUT2D eigenvalue weighted by Crippen LogP contribution is -2.49. The van der Waals surface area contributed by atoms with Crippen LogP contribution < -0.4 is 15.2 Å². The minimum absolute atomic E-state index is 0.0214. The minimum atomic E-state index is -5.00. The highest BCUT2D eigenvalue weighted by Crippen LogP contribution is 2.35. The lowest BCUT2D eigenvalue weighted by Gasteiger charge is -2.35. The number of ether oxygens (including phenoxy) is 2. The molecule has 44 heavy (non-hydrogen) atoms. The van der Waals surface area contributed by atoms with Gasteiger partial charge in [0, 0.05) is 59.4 Å². The number of carbonyl (C=O) groups excluding carboxylic acids is 2. The van der Waals surface area contributed by atoms with Crippen LogP contribution in [0.25, 0.3) is 0 Å². The van der Waals surface area contributed by atoms with Crippen LogP contribution in [0.4, 0.5) is 19.0 Å². The predicted octanol–water partition coefficient (Wildman–Crippen LogP) is 3.55. The van der Waals surface area contributed by atoms with E-state index < -0.39 is 49.7 Å². The molecule has 1 saturated heterocycles. The summed E-state index contributed by atoms with van der Waals surface area (Å²) in [6.07, 6.45) is -1.85. The number of hydrogen-bond donors (Lipinski definition) is 0. The Morgan fingerprint density at radius 3 is 2.41 bits per heavy atom. The van der Waals surface area contributed by atoms with Gasteiger partial charge in [0.25, 0.3) is 5.56 Å². The maximum absolute atomic E-state index is 13.9. The van der Waals surface area contributed by atoms with Gasteiger partial charge in [-0.05, 0) is 31.0 Å². The van der Waals surface area contributed by atoms with E-state index in [0.717, 1.165) is 18.1 Å². The van der Waals surface area contributed by atoms with Gasteiger partial charge in [-0.25, -0.2) is 9.67 Å². The van der Waals surface area contributed by atoms with Gasteiger partial charge in [-0.1, -0.05) is 19.6 Å². The second kappa shape index (κ2) is 13.9. The number of anilines is 1. The fourth-order valence-electron chi connectivity index (χ4n) is 5.21. The first-order valence-electron chi connectivity index (χ1n) is 14.6. The summed E-state index contributed by atoms with van der Waals surface area (Å²) < 4.78 is 53.0. The van der Waals surface area contributed by atoms with Crippen molar-refractivity contribution < 1.29 is 32.2 Å². The molecular formula is C29H37F3N6O5Si. The van der Waals surface area contributed by atoms with Crippen LogP contribution in [0.2, 0.25) is 25.7 Å². The van der Waals surface area contributed by atoms with Gasteiger partial charge >= 0.3 is 6.18 Å². The van der Waals surface area contributed by atoms with E-state index in [0.29, 0.717) is 55.9 Å². The number of piperazine rings is 1. The number of halogens is 3. The van der Waals surface area contributed by atoms with Gasteiger partial charge in [0.05, 0.1) is 24.3 Å². The molecule has 1 amide bonds. The monoisotopic (exact) mass is 634 g/mol. The number of rotatable bonds is 11. The standard InChI is InChI=1S/C29H37F3N6O5Si/c1-44(2,3)13-12-42-19-38-28(41)26(29(30,31)32)23(17-35-38)43-18-22-6-5-21(27(22)40)14-25(39)37-10-8-36(9-11-37)24-7-4-20(15-33)16-34-24/h4,7,16-17,21-22H,5-6,8-14,18-19H2,1-3H3. The Morgan fingerprint density at radius 2 is 1.80 bits per heavy atom. The SMILES string of the molecule is C[Si](C)(C)CCOCn1ncc(OCC2CCC(CC(=O)N3CCN(c4ccc(C#N)cn4)CC3)C2=O)c(C(F)(F)F)c1=O. The molecule has 0 radical (unpaired) electrons. The summed E-state index contributed by atoms with van der Waals surface area (Å²) in [6.45, 7) is 7.96. The number of nitriles is 1. The first kappa shape index (κ1) is 33.1. The Labute approximate surface area is 254 Å². The number of amides is 1. The Balaban J connectivity index is 1.29. The zero-order valence-corrected chi connectivity index (χ0v) is 26.1. The summed E-state index contributed by atoms with van der Waals surface area (Å²) in [5.74, 6) is -1.64. The number of nitrogens with zero attached hydrogens (tertiary/aromatic N) is 6. The van der Waals surface area contributed by atoms with Crippen molar-refractivity contribution in [2.24, 2.45) is 11.8 Å². The molecule has 2 atom stereocenters. The summed E-state index contributed by atoms with van der Waals surface area (Å²) in [4.78, 5) is 46.7. The molecular weight excluding hydrogens is 597 g/mol. The molecule has 0 N–H and O–H groups in total. The molecule has 1 saturated carbocycles. The molecule has 2 unspecified atom stereocenters. The Morgan fingerprint density at radius 1 is 1.09 bits per heavy atom. The molecule has 0 bridgehead atoms. The average molecular weight is 635 g/mol. The number of aromatic nitrogens is 3. The van der Waals surface area contributed by atoms with Crippen molar-refractivity contribution in [1.82, 2.24) is 19.7 Å². The van der Waals surface area contributed by atoms with Crippen molar-refractivity contribution in [1.29, 1.82) is 5.26 Å². The number of Topliss-reactive ketones (excluding diaryl/α,β-unsaturated/α-hetero) is 1. The predicted molar refractivity (Wildman–Crippen MR) is 157 cm³/mol. The summed E-state index contributed by atoms with van der Waals surface area (Å²) in [5, 5.41) is 12.7. The van der Waals surface area contributed by atoms with Gasteiger partial charge < -0.3 is 19.3 Å². The molecule has 15 heteroatoms. The summed E-state index contributed by atoms with van der Waals surface area (Å²) in [6, 6.07) is 6.26. The van der Waals surface area contributed by atoms with Gasteiger partial charge in [-0.2, -0.15) is 23.5 Å². The van der Waals surface area contributed by atoms with Crippen molar-refractivity contribution in [3.63, 3.8) is 0 Å². The van der Waals surface area contributed by atoms with Crippen LogP contribution in [-0.4, -0.2) is 78.8 Å². The fourth-order valence-corrected chi connectivity index (χ4v) is 5.96. The van der Waals surface area contributed by atoms with Crippen molar-refractivity contribution in [3.8, 4) is 11.8 Å². The van der Waals surface area contributed by atoms with Crippen molar-refractivity contribution in [2.75, 3.05) is 44.3 Å². The van der Waals surface area contributed by atoms with Crippen LogP contribution in [0.1, 0.15) is 30.4 Å². The summed E-state index contributed by atoms with van der Waals surface area (Å²) in [5.41, 5.74) is -2.40. The van der Waals surface area contributed by atoms with E-state index in [1.165, 1.54) is 6.20 Å². The molecule has 11 nitrogen and oxygen atoms in total. The van der Waals surface area contributed by atoms with Crippen LogP contribution in [-0.2, 0) is 27.2 Å². The quantitative estimate of drug-likeness (QED) is 0.269.